The predicted octanol–water partition coefficient (Wildman–Crippen LogP) is 1.05. The highest BCUT2D eigenvalue weighted by atomic mass is 32.2. The minimum Gasteiger partial charge on any atom is -0.381 e. The van der Waals surface area contributed by atoms with Crippen molar-refractivity contribution in [1.82, 2.24) is 10.2 Å². The van der Waals surface area contributed by atoms with Gasteiger partial charge in [0.05, 0.1) is 4.75 Å². The zero-order valence-corrected chi connectivity index (χ0v) is 14.8. The molecule has 1 fully saturated rings. The van der Waals surface area contributed by atoms with Crippen molar-refractivity contribution in [2.75, 3.05) is 46.7 Å². The van der Waals surface area contributed by atoms with Crippen LogP contribution in [0.4, 0.5) is 0 Å². The highest BCUT2D eigenvalue weighted by Gasteiger charge is 2.42. The van der Waals surface area contributed by atoms with Crippen molar-refractivity contribution in [2.24, 2.45) is 4.99 Å². The Bertz CT molecular complexity index is 482. The zero-order chi connectivity index (χ0) is 16.6. The highest BCUT2D eigenvalue weighted by Crippen LogP contribution is 2.28. The van der Waals surface area contributed by atoms with Gasteiger partial charge in [-0.25, -0.2) is 8.42 Å². The topological polar surface area (TPSA) is 71.0 Å². The smallest absolute Gasteiger partial charge is 0.193 e. The van der Waals surface area contributed by atoms with Gasteiger partial charge in [0, 0.05) is 46.7 Å². The SMILES string of the molecule is C=CCCCN(C)C(=NC)NCC1(S(C)(=O)=O)CCOCC1. The molecule has 0 atom stereocenters. The Morgan fingerprint density at radius 2 is 2.09 bits per heavy atom. The summed E-state index contributed by atoms with van der Waals surface area (Å²) in [6.07, 6.45) is 6.20. The standard InChI is InChI=1S/C15H29N3O3S/c1-5-6-7-10-18(3)14(16-2)17-13-15(22(4,19)20)8-11-21-12-9-15/h5H,1,6-13H2,2-4H3,(H,16,17). The van der Waals surface area contributed by atoms with E-state index in [1.54, 1.807) is 7.05 Å². The van der Waals surface area contributed by atoms with Gasteiger partial charge in [0.2, 0.25) is 0 Å². The fourth-order valence-corrected chi connectivity index (χ4v) is 3.87. The van der Waals surface area contributed by atoms with Crippen LogP contribution in [0.25, 0.3) is 0 Å². The second-order valence-corrected chi connectivity index (χ2v) is 8.23. The molecule has 0 aliphatic carbocycles. The summed E-state index contributed by atoms with van der Waals surface area (Å²) < 4.78 is 29.0. The third-order valence-corrected chi connectivity index (χ3v) is 6.36. The lowest BCUT2D eigenvalue weighted by Crippen LogP contribution is -2.53. The molecule has 0 bridgehead atoms. The number of allylic oxidation sites excluding steroid dienone is 1. The number of rotatable bonds is 7. The third-order valence-electron chi connectivity index (χ3n) is 4.23. The van der Waals surface area contributed by atoms with Crippen LogP contribution in [0.5, 0.6) is 0 Å². The van der Waals surface area contributed by atoms with Crippen molar-refractivity contribution in [3.8, 4) is 0 Å². The average Bonchev–Trinajstić information content (AvgIpc) is 2.48. The van der Waals surface area contributed by atoms with Crippen LogP contribution in [0.1, 0.15) is 25.7 Å². The third kappa shape index (κ3) is 4.98. The first-order valence-electron chi connectivity index (χ1n) is 7.66. The van der Waals surface area contributed by atoms with E-state index < -0.39 is 14.6 Å². The molecule has 1 saturated heterocycles. The summed E-state index contributed by atoms with van der Waals surface area (Å²) in [6, 6.07) is 0. The number of nitrogens with one attached hydrogen (secondary N) is 1. The minimum atomic E-state index is -3.17. The highest BCUT2D eigenvalue weighted by molar-refractivity contribution is 7.92. The molecule has 1 aliphatic rings. The Hall–Kier alpha value is -1.08. The number of ether oxygens (including phenoxy) is 1. The van der Waals surface area contributed by atoms with E-state index in [0.717, 1.165) is 25.3 Å². The Labute approximate surface area is 134 Å². The molecule has 0 aromatic carbocycles. The summed E-state index contributed by atoms with van der Waals surface area (Å²) >= 11 is 0. The summed E-state index contributed by atoms with van der Waals surface area (Å²) in [5.74, 6) is 0.721. The number of guanidine groups is 1. The molecule has 0 spiro atoms. The van der Waals surface area contributed by atoms with Crippen molar-refractivity contribution < 1.29 is 13.2 Å². The first-order chi connectivity index (χ1) is 10.4. The number of aliphatic imine (C=N–C) groups is 1. The summed E-state index contributed by atoms with van der Waals surface area (Å²) in [5, 5.41) is 3.23. The van der Waals surface area contributed by atoms with Crippen LogP contribution in [0.3, 0.4) is 0 Å². The summed E-state index contributed by atoms with van der Waals surface area (Å²) in [6.45, 7) is 5.91. The van der Waals surface area contributed by atoms with Gasteiger partial charge in [-0.2, -0.15) is 0 Å². The van der Waals surface area contributed by atoms with Crippen molar-refractivity contribution in [1.29, 1.82) is 0 Å². The summed E-state index contributed by atoms with van der Waals surface area (Å²) in [5.41, 5.74) is 0. The van der Waals surface area contributed by atoms with Crippen molar-refractivity contribution in [3.63, 3.8) is 0 Å². The van der Waals surface area contributed by atoms with E-state index in [-0.39, 0.29) is 0 Å². The monoisotopic (exact) mass is 331 g/mol. The van der Waals surface area contributed by atoms with Crippen molar-refractivity contribution in [2.45, 2.75) is 30.4 Å². The second kappa shape index (κ2) is 8.53. The molecule has 0 aromatic rings. The van der Waals surface area contributed by atoms with Crippen molar-refractivity contribution in [3.05, 3.63) is 12.7 Å². The van der Waals surface area contributed by atoms with Gasteiger partial charge in [0.1, 0.15) is 0 Å². The molecule has 22 heavy (non-hydrogen) atoms. The molecule has 0 unspecified atom stereocenters. The second-order valence-electron chi connectivity index (χ2n) is 5.82. The molecule has 1 rings (SSSR count). The zero-order valence-electron chi connectivity index (χ0n) is 14.0. The Morgan fingerprint density at radius 3 is 2.59 bits per heavy atom. The molecule has 1 heterocycles. The van der Waals surface area contributed by atoms with Gasteiger partial charge in [-0.15, -0.1) is 6.58 Å². The number of hydrogen-bond acceptors (Lipinski definition) is 4. The van der Waals surface area contributed by atoms with E-state index in [4.69, 9.17) is 4.74 Å². The van der Waals surface area contributed by atoms with Gasteiger partial charge in [-0.05, 0) is 25.7 Å². The van der Waals surface area contributed by atoms with Gasteiger partial charge in [-0.1, -0.05) is 6.08 Å². The van der Waals surface area contributed by atoms with Crippen LogP contribution in [-0.2, 0) is 14.6 Å². The summed E-state index contributed by atoms with van der Waals surface area (Å²) in [7, 11) is 0.498. The van der Waals surface area contributed by atoms with Gasteiger partial charge >= 0.3 is 0 Å². The first kappa shape index (κ1) is 19.0. The van der Waals surface area contributed by atoms with Crippen molar-refractivity contribution >= 4 is 15.8 Å². The first-order valence-corrected chi connectivity index (χ1v) is 9.55. The molecule has 0 radical (unpaired) electrons. The van der Waals surface area contributed by atoms with E-state index >= 15 is 0 Å². The van der Waals surface area contributed by atoms with Crippen LogP contribution in [-0.4, -0.2) is 70.7 Å². The van der Waals surface area contributed by atoms with E-state index in [1.807, 2.05) is 18.0 Å². The number of sulfone groups is 1. The lowest BCUT2D eigenvalue weighted by molar-refractivity contribution is 0.0755. The molecule has 0 amide bonds. The van der Waals surface area contributed by atoms with Crippen LogP contribution in [0.2, 0.25) is 0 Å². The van der Waals surface area contributed by atoms with Crippen LogP contribution in [0.15, 0.2) is 17.6 Å². The maximum Gasteiger partial charge on any atom is 0.193 e. The fourth-order valence-electron chi connectivity index (χ4n) is 2.63. The van der Waals surface area contributed by atoms with E-state index in [2.05, 4.69) is 16.9 Å². The maximum absolute atomic E-state index is 12.2. The molecule has 0 aromatic heterocycles. The maximum atomic E-state index is 12.2. The van der Waals surface area contributed by atoms with Gasteiger partial charge < -0.3 is 15.0 Å². The molecule has 0 saturated carbocycles. The van der Waals surface area contributed by atoms with Gasteiger partial charge in [0.25, 0.3) is 0 Å². The molecule has 7 heteroatoms. The number of nitrogens with zero attached hydrogens (tertiary/aromatic N) is 2. The average molecular weight is 331 g/mol. The molecule has 1 aliphatic heterocycles. The fraction of sp³-hybridized carbons (Fsp3) is 0.800. The molecule has 1 N–H and O–H groups in total. The van der Waals surface area contributed by atoms with Gasteiger partial charge in [0.15, 0.2) is 15.8 Å². The van der Waals surface area contributed by atoms with Crippen LogP contribution >= 0.6 is 0 Å². The number of hydrogen-bond donors (Lipinski definition) is 1. The minimum absolute atomic E-state index is 0.369. The quantitative estimate of drug-likeness (QED) is 0.327. The van der Waals surface area contributed by atoms with Crippen LogP contribution in [0, 0.1) is 0 Å². The van der Waals surface area contributed by atoms with E-state index in [0.29, 0.717) is 32.6 Å². The predicted molar refractivity (Wildman–Crippen MR) is 91.1 cm³/mol. The molecular formula is C15H29N3O3S. The Kier molecular flexibility index (Phi) is 7.35. The largest absolute Gasteiger partial charge is 0.381 e. The van der Waals surface area contributed by atoms with Crippen LogP contribution < -0.4 is 5.32 Å². The molecule has 6 nitrogen and oxygen atoms in total. The molecule has 128 valence electrons. The number of unbranched alkanes of at least 4 members (excludes halogenated alkanes) is 1. The summed E-state index contributed by atoms with van der Waals surface area (Å²) in [4.78, 5) is 6.26. The normalized spacial score (nSPS) is 18.8. The van der Waals surface area contributed by atoms with E-state index in [1.165, 1.54) is 6.26 Å². The lowest BCUT2D eigenvalue weighted by Gasteiger charge is -2.36. The Balaban J connectivity index is 2.68. The van der Waals surface area contributed by atoms with E-state index in [9.17, 15) is 8.42 Å². The lowest BCUT2D eigenvalue weighted by atomic mass is 9.99. The Morgan fingerprint density at radius 1 is 1.45 bits per heavy atom. The molecular weight excluding hydrogens is 302 g/mol. The van der Waals surface area contributed by atoms with Gasteiger partial charge in [-0.3, -0.25) is 4.99 Å².